The lowest BCUT2D eigenvalue weighted by Gasteiger charge is -2.04. The van der Waals surface area contributed by atoms with Gasteiger partial charge in [-0.3, -0.25) is 4.98 Å². The molecule has 0 atom stereocenters. The molecule has 0 amide bonds. The van der Waals surface area contributed by atoms with Crippen molar-refractivity contribution < 1.29 is 10.2 Å². The van der Waals surface area contributed by atoms with Crippen molar-refractivity contribution in [3.63, 3.8) is 0 Å². The van der Waals surface area contributed by atoms with Crippen LogP contribution in [0.15, 0.2) is 30.6 Å². The molecular weight excluding hydrogens is 206 g/mol. The molecule has 0 saturated heterocycles. The van der Waals surface area contributed by atoms with Crippen molar-refractivity contribution in [2.75, 3.05) is 0 Å². The summed E-state index contributed by atoms with van der Waals surface area (Å²) in [5.41, 5.74) is 7.42. The van der Waals surface area contributed by atoms with E-state index in [0.29, 0.717) is 23.5 Å². The highest BCUT2D eigenvalue weighted by molar-refractivity contribution is 5.62. The summed E-state index contributed by atoms with van der Waals surface area (Å²) in [7, 11) is 0. The molecular formula is C11H11N3O2. The van der Waals surface area contributed by atoms with Crippen molar-refractivity contribution in [3.8, 4) is 22.8 Å². The van der Waals surface area contributed by atoms with Crippen molar-refractivity contribution in [2.45, 2.75) is 6.54 Å². The van der Waals surface area contributed by atoms with E-state index in [2.05, 4.69) is 9.97 Å². The average molecular weight is 217 g/mol. The third-order valence-corrected chi connectivity index (χ3v) is 2.16. The van der Waals surface area contributed by atoms with E-state index in [1.165, 1.54) is 12.1 Å². The Kier molecular flexibility index (Phi) is 2.70. The molecule has 5 nitrogen and oxygen atoms in total. The number of aromatic nitrogens is 2. The van der Waals surface area contributed by atoms with Crippen molar-refractivity contribution in [2.24, 2.45) is 5.73 Å². The smallest absolute Gasteiger partial charge is 0.158 e. The molecule has 0 aliphatic rings. The van der Waals surface area contributed by atoms with Gasteiger partial charge in [0.25, 0.3) is 0 Å². The standard InChI is InChI=1S/C11H11N3O2/c12-4-8-5-13-6-9(14-8)7-1-2-10(15)11(16)3-7/h1-3,5-6,15-16H,4,12H2. The lowest BCUT2D eigenvalue weighted by Crippen LogP contribution is -2.01. The largest absolute Gasteiger partial charge is 0.504 e. The Morgan fingerprint density at radius 1 is 1.12 bits per heavy atom. The van der Waals surface area contributed by atoms with Crippen LogP contribution in [0, 0.1) is 0 Å². The Labute approximate surface area is 92.2 Å². The summed E-state index contributed by atoms with van der Waals surface area (Å²) in [6.45, 7) is 0.310. The molecule has 5 heteroatoms. The van der Waals surface area contributed by atoms with Crippen molar-refractivity contribution in [3.05, 3.63) is 36.3 Å². The predicted molar refractivity (Wildman–Crippen MR) is 58.7 cm³/mol. The molecule has 0 aliphatic heterocycles. The molecule has 2 rings (SSSR count). The van der Waals surface area contributed by atoms with Crippen LogP contribution < -0.4 is 5.73 Å². The third-order valence-electron chi connectivity index (χ3n) is 2.16. The molecule has 0 saturated carbocycles. The molecule has 1 heterocycles. The zero-order chi connectivity index (χ0) is 11.5. The molecule has 0 unspecified atom stereocenters. The van der Waals surface area contributed by atoms with Crippen LogP contribution in [-0.2, 0) is 6.54 Å². The van der Waals surface area contributed by atoms with Crippen LogP contribution in [0.4, 0.5) is 0 Å². The first kappa shape index (κ1) is 10.4. The summed E-state index contributed by atoms with van der Waals surface area (Å²) >= 11 is 0. The zero-order valence-electron chi connectivity index (χ0n) is 8.46. The van der Waals surface area contributed by atoms with Gasteiger partial charge in [-0.1, -0.05) is 0 Å². The highest BCUT2D eigenvalue weighted by atomic mass is 16.3. The summed E-state index contributed by atoms with van der Waals surface area (Å²) in [5, 5.41) is 18.6. The quantitative estimate of drug-likeness (QED) is 0.653. The summed E-state index contributed by atoms with van der Waals surface area (Å²) in [6, 6.07) is 4.49. The van der Waals surface area contributed by atoms with Crippen LogP contribution in [0.5, 0.6) is 11.5 Å². The van der Waals surface area contributed by atoms with Crippen LogP contribution in [0.3, 0.4) is 0 Å². The Morgan fingerprint density at radius 2 is 1.94 bits per heavy atom. The van der Waals surface area contributed by atoms with E-state index in [0.717, 1.165) is 0 Å². The van der Waals surface area contributed by atoms with E-state index < -0.39 is 0 Å². The minimum atomic E-state index is -0.183. The number of nitrogens with zero attached hydrogens (tertiary/aromatic N) is 2. The first-order chi connectivity index (χ1) is 7.70. The molecule has 16 heavy (non-hydrogen) atoms. The maximum absolute atomic E-state index is 9.37. The SMILES string of the molecule is NCc1cncc(-c2ccc(O)c(O)c2)n1. The van der Waals surface area contributed by atoms with Crippen molar-refractivity contribution in [1.29, 1.82) is 0 Å². The van der Waals surface area contributed by atoms with E-state index in [-0.39, 0.29) is 11.5 Å². The topological polar surface area (TPSA) is 92.3 Å². The maximum atomic E-state index is 9.37. The number of hydrogen-bond donors (Lipinski definition) is 3. The van der Waals surface area contributed by atoms with Gasteiger partial charge in [-0.15, -0.1) is 0 Å². The van der Waals surface area contributed by atoms with Crippen LogP contribution in [0.25, 0.3) is 11.3 Å². The minimum absolute atomic E-state index is 0.160. The van der Waals surface area contributed by atoms with E-state index in [9.17, 15) is 10.2 Å². The fourth-order valence-corrected chi connectivity index (χ4v) is 1.33. The monoisotopic (exact) mass is 217 g/mol. The Hall–Kier alpha value is -2.14. The molecule has 1 aromatic carbocycles. The second-order valence-electron chi connectivity index (χ2n) is 3.30. The molecule has 0 bridgehead atoms. The number of benzene rings is 1. The number of aromatic hydroxyl groups is 2. The second-order valence-corrected chi connectivity index (χ2v) is 3.30. The van der Waals surface area contributed by atoms with Crippen LogP contribution in [0.2, 0.25) is 0 Å². The highest BCUT2D eigenvalue weighted by Crippen LogP contribution is 2.29. The normalized spacial score (nSPS) is 10.3. The first-order valence-corrected chi connectivity index (χ1v) is 4.74. The number of phenolic OH excluding ortho intramolecular Hbond substituents is 2. The highest BCUT2D eigenvalue weighted by Gasteiger charge is 2.05. The first-order valence-electron chi connectivity index (χ1n) is 4.74. The van der Waals surface area contributed by atoms with Crippen LogP contribution >= 0.6 is 0 Å². The number of nitrogens with two attached hydrogens (primary N) is 1. The van der Waals surface area contributed by atoms with Gasteiger partial charge < -0.3 is 15.9 Å². The number of phenols is 2. The molecule has 2 aromatic rings. The lowest BCUT2D eigenvalue weighted by molar-refractivity contribution is 0.404. The molecule has 0 aliphatic carbocycles. The van der Waals surface area contributed by atoms with Gasteiger partial charge in [0, 0.05) is 18.3 Å². The number of hydrogen-bond acceptors (Lipinski definition) is 5. The molecule has 4 N–H and O–H groups in total. The van der Waals surface area contributed by atoms with Gasteiger partial charge in [0.05, 0.1) is 17.6 Å². The van der Waals surface area contributed by atoms with Gasteiger partial charge in [-0.2, -0.15) is 0 Å². The molecule has 0 fully saturated rings. The van der Waals surface area contributed by atoms with Gasteiger partial charge in [-0.25, -0.2) is 4.98 Å². The van der Waals surface area contributed by atoms with Crippen LogP contribution in [0.1, 0.15) is 5.69 Å². The van der Waals surface area contributed by atoms with Gasteiger partial charge in [0.2, 0.25) is 0 Å². The van der Waals surface area contributed by atoms with Gasteiger partial charge in [0.1, 0.15) is 0 Å². The van der Waals surface area contributed by atoms with E-state index in [4.69, 9.17) is 5.73 Å². The number of rotatable bonds is 2. The predicted octanol–water partition coefficient (Wildman–Crippen LogP) is 1.01. The summed E-state index contributed by atoms with van der Waals surface area (Å²) in [5.74, 6) is -0.343. The Morgan fingerprint density at radius 3 is 2.62 bits per heavy atom. The molecule has 0 radical (unpaired) electrons. The third kappa shape index (κ3) is 1.94. The maximum Gasteiger partial charge on any atom is 0.158 e. The Balaban J connectivity index is 2.46. The van der Waals surface area contributed by atoms with Crippen LogP contribution in [-0.4, -0.2) is 20.2 Å². The summed E-state index contributed by atoms with van der Waals surface area (Å²) < 4.78 is 0. The Bertz CT molecular complexity index is 514. The fraction of sp³-hybridized carbons (Fsp3) is 0.0909. The fourth-order valence-electron chi connectivity index (χ4n) is 1.33. The molecule has 1 aromatic heterocycles. The van der Waals surface area contributed by atoms with E-state index in [1.54, 1.807) is 18.5 Å². The zero-order valence-corrected chi connectivity index (χ0v) is 8.46. The van der Waals surface area contributed by atoms with Gasteiger partial charge in [0.15, 0.2) is 11.5 Å². The summed E-state index contributed by atoms with van der Waals surface area (Å²) in [6.07, 6.45) is 3.16. The van der Waals surface area contributed by atoms with Gasteiger partial charge in [-0.05, 0) is 18.2 Å². The molecule has 0 spiro atoms. The lowest BCUT2D eigenvalue weighted by atomic mass is 10.1. The second kappa shape index (κ2) is 4.16. The van der Waals surface area contributed by atoms with Crippen molar-refractivity contribution >= 4 is 0 Å². The summed E-state index contributed by atoms with van der Waals surface area (Å²) in [4.78, 5) is 8.25. The molecule has 82 valence electrons. The minimum Gasteiger partial charge on any atom is -0.504 e. The van der Waals surface area contributed by atoms with Gasteiger partial charge >= 0.3 is 0 Å². The average Bonchev–Trinajstić information content (AvgIpc) is 2.33. The van der Waals surface area contributed by atoms with Crippen molar-refractivity contribution in [1.82, 2.24) is 9.97 Å². The van der Waals surface area contributed by atoms with E-state index >= 15 is 0 Å². The van der Waals surface area contributed by atoms with E-state index in [1.807, 2.05) is 0 Å².